The van der Waals surface area contributed by atoms with Gasteiger partial charge in [0.25, 0.3) is 0 Å². The molecule has 93 heavy (non-hydrogen) atoms. The number of hydrogen-bond donors (Lipinski definition) is 18. The Kier molecular flexibility index (Phi) is 32.3. The summed E-state index contributed by atoms with van der Waals surface area (Å²) in [6, 6.07) is 1.27. The van der Waals surface area contributed by atoms with Gasteiger partial charge in [0.15, 0.2) is 17.9 Å². The van der Waals surface area contributed by atoms with Crippen LogP contribution in [0.2, 0.25) is 0 Å². The number of phenols is 1. The number of fused-ring (bicyclic) bond motifs is 1. The second-order valence-electron chi connectivity index (χ2n) is 22.4. The van der Waals surface area contributed by atoms with Crippen LogP contribution in [0.5, 0.6) is 5.75 Å². The maximum absolute atomic E-state index is 14.9. The molecule has 26 N–H and O–H groups in total. The van der Waals surface area contributed by atoms with E-state index < -0.39 is 138 Å². The number of carbonyl (C=O) groups is 11. The molecule has 35 heteroatoms. The summed E-state index contributed by atoms with van der Waals surface area (Å²) in [5.74, 6) is -10.8. The van der Waals surface area contributed by atoms with Crippen molar-refractivity contribution in [3.8, 4) is 5.75 Å². The fourth-order valence-corrected chi connectivity index (χ4v) is 12.1. The summed E-state index contributed by atoms with van der Waals surface area (Å²) in [6.45, 7) is 4.29. The van der Waals surface area contributed by atoms with Gasteiger partial charge in [-0.05, 0) is 93.9 Å². The molecule has 4 rings (SSSR count). The van der Waals surface area contributed by atoms with Crippen molar-refractivity contribution in [2.45, 2.75) is 152 Å². The van der Waals surface area contributed by atoms with E-state index in [1.54, 1.807) is 56.3 Å². The average molecular weight is 1340 g/mol. The minimum absolute atomic E-state index is 0.00568. The number of nitrogens with one attached hydrogen (secondary N) is 9. The highest BCUT2D eigenvalue weighted by Gasteiger charge is 2.41. The third-order valence-corrected chi connectivity index (χ3v) is 17.5. The molecule has 2 heterocycles. The molecule has 0 aromatic heterocycles. The lowest BCUT2D eigenvalue weighted by Gasteiger charge is -2.32. The molecule has 2 aliphatic rings. The number of primary amides is 1. The van der Waals surface area contributed by atoms with Gasteiger partial charge in [-0.1, -0.05) is 84.3 Å². The van der Waals surface area contributed by atoms with Crippen LogP contribution in [0.3, 0.4) is 0 Å². The fraction of sp³-hybridized carbons (Fsp3) is 0.552. The summed E-state index contributed by atoms with van der Waals surface area (Å²) >= 11 is 0. The molecule has 0 radical (unpaired) electrons. The molecule has 0 spiro atoms. The average Bonchev–Trinajstić information content (AvgIpc) is 1.85. The van der Waals surface area contributed by atoms with Gasteiger partial charge in [-0.25, -0.2) is 0 Å². The number of carbonyl (C=O) groups excluding carboxylic acids is 11. The third-order valence-electron chi connectivity index (χ3n) is 15.0. The predicted octanol–water partition coefficient (Wildman–Crippen LogP) is -5.40. The SMILES string of the molecule is CC[C@H](C)[C@@H]1NC(=O)[C@H](CCCN=C(N)N)NC(=O)[C@H](CCCN=C(N)N)NC(=O)[C@@H](NC(=O)[C@H](Cc2ccccc2)NC(=O)CNC(=O)[C@@H](C)NC(=O)[C@@H](N)Cc2ccc(O)cc2)CSSC[C@@H](C(N)=O)NC(=O)[C@@H]2CCCN2C(=O)[C@H](CCCN=C(N)N)NC1=O. The van der Waals surface area contributed by atoms with Crippen molar-refractivity contribution in [2.75, 3.05) is 44.2 Å². The molecule has 0 saturated carbocycles. The molecule has 2 saturated heterocycles. The lowest BCUT2D eigenvalue weighted by Crippen LogP contribution is -2.61. The monoisotopic (exact) mass is 1340 g/mol. The van der Waals surface area contributed by atoms with Crippen molar-refractivity contribution in [1.82, 2.24) is 52.8 Å². The van der Waals surface area contributed by atoms with E-state index >= 15 is 0 Å². The number of amides is 11. The summed E-state index contributed by atoms with van der Waals surface area (Å²) in [5, 5.41) is 33.4. The van der Waals surface area contributed by atoms with E-state index in [1.807, 2.05) is 0 Å². The van der Waals surface area contributed by atoms with Gasteiger partial charge in [0.1, 0.15) is 60.1 Å². The van der Waals surface area contributed by atoms with Crippen LogP contribution in [-0.2, 0) is 65.6 Å². The van der Waals surface area contributed by atoms with E-state index in [0.29, 0.717) is 24.0 Å². The maximum atomic E-state index is 14.9. The van der Waals surface area contributed by atoms with Crippen LogP contribution in [0.4, 0.5) is 0 Å². The second kappa shape index (κ2) is 39.3. The van der Waals surface area contributed by atoms with Crippen molar-refractivity contribution in [3.63, 3.8) is 0 Å². The Morgan fingerprint density at radius 2 is 1.17 bits per heavy atom. The summed E-state index contributed by atoms with van der Waals surface area (Å²) < 4.78 is 0. The highest BCUT2D eigenvalue weighted by atomic mass is 33.1. The Hall–Kier alpha value is -9.12. The number of nitrogens with two attached hydrogens (primary N) is 8. The number of phenolic OH excluding ortho intramolecular Hbond substituents is 1. The number of aliphatic imine (C=N–C) groups is 3. The lowest BCUT2D eigenvalue weighted by atomic mass is 9.96. The van der Waals surface area contributed by atoms with Gasteiger partial charge < -0.3 is 104 Å². The Labute approximate surface area is 547 Å². The lowest BCUT2D eigenvalue weighted by molar-refractivity contribution is -0.142. The molecule has 2 fully saturated rings. The Morgan fingerprint density at radius 3 is 1.74 bits per heavy atom. The number of hydrogen-bond acceptors (Lipinski definition) is 18. The van der Waals surface area contributed by atoms with Gasteiger partial charge in [0.2, 0.25) is 65.0 Å². The van der Waals surface area contributed by atoms with Crippen molar-refractivity contribution in [2.24, 2.45) is 66.8 Å². The molecule has 2 aromatic rings. The maximum Gasteiger partial charge on any atom is 0.245 e. The number of guanidine groups is 3. The van der Waals surface area contributed by atoms with Crippen LogP contribution in [0.15, 0.2) is 69.6 Å². The molecule has 2 aromatic carbocycles. The van der Waals surface area contributed by atoms with Gasteiger partial charge in [-0.2, -0.15) is 0 Å². The molecule has 0 aliphatic carbocycles. The minimum atomic E-state index is -1.56. The van der Waals surface area contributed by atoms with E-state index in [1.165, 1.54) is 24.0 Å². The van der Waals surface area contributed by atoms with E-state index in [0.717, 1.165) is 21.6 Å². The van der Waals surface area contributed by atoms with E-state index in [2.05, 4.69) is 62.8 Å². The highest BCUT2D eigenvalue weighted by Crippen LogP contribution is 2.25. The third kappa shape index (κ3) is 26.9. The summed E-state index contributed by atoms with van der Waals surface area (Å²) in [7, 11) is 1.93. The van der Waals surface area contributed by atoms with Crippen molar-refractivity contribution >= 4 is 104 Å². The molecule has 11 amide bonds. The van der Waals surface area contributed by atoms with Gasteiger partial charge in [-0.3, -0.25) is 67.7 Å². The van der Waals surface area contributed by atoms with E-state index in [9.17, 15) is 57.8 Å². The van der Waals surface area contributed by atoms with Crippen LogP contribution in [-0.4, -0.2) is 198 Å². The van der Waals surface area contributed by atoms with Crippen LogP contribution in [0.1, 0.15) is 89.7 Å². The Bertz CT molecular complexity index is 2970. The topological polar surface area (TPSA) is 565 Å². The highest BCUT2D eigenvalue weighted by molar-refractivity contribution is 8.76. The minimum Gasteiger partial charge on any atom is -0.508 e. The molecule has 33 nitrogen and oxygen atoms in total. The number of aromatic hydroxyl groups is 1. The summed E-state index contributed by atoms with van der Waals surface area (Å²) in [5.41, 5.74) is 46.7. The van der Waals surface area contributed by atoms with Crippen LogP contribution in [0, 0.1) is 5.92 Å². The molecule has 2 aliphatic heterocycles. The fourth-order valence-electron chi connectivity index (χ4n) is 9.71. The van der Waals surface area contributed by atoms with Crippen molar-refractivity contribution in [1.29, 1.82) is 0 Å². The molecule has 512 valence electrons. The van der Waals surface area contributed by atoms with Gasteiger partial charge >= 0.3 is 0 Å². The predicted molar refractivity (Wildman–Crippen MR) is 352 cm³/mol. The first-order valence-electron chi connectivity index (χ1n) is 30.4. The quantitative estimate of drug-likeness (QED) is 0.0172. The molecular weight excluding hydrogens is 1250 g/mol. The first-order chi connectivity index (χ1) is 44.2. The number of rotatable bonds is 27. The van der Waals surface area contributed by atoms with Gasteiger partial charge in [0, 0.05) is 44.1 Å². The summed E-state index contributed by atoms with van der Waals surface area (Å²) in [6.07, 6.45) is 0.876. The normalized spacial score (nSPS) is 21.5. The molecular formula is C58H91N21O12S2. The van der Waals surface area contributed by atoms with E-state index in [-0.39, 0.29) is 119 Å². The first kappa shape index (κ1) is 76.3. The Morgan fingerprint density at radius 1 is 0.634 bits per heavy atom. The second-order valence-corrected chi connectivity index (χ2v) is 25.0. The van der Waals surface area contributed by atoms with Crippen LogP contribution in [0.25, 0.3) is 0 Å². The van der Waals surface area contributed by atoms with Gasteiger partial charge in [-0.15, -0.1) is 0 Å². The number of nitrogens with zero attached hydrogens (tertiary/aromatic N) is 4. The largest absolute Gasteiger partial charge is 0.508 e. The zero-order chi connectivity index (χ0) is 68.7. The smallest absolute Gasteiger partial charge is 0.245 e. The van der Waals surface area contributed by atoms with E-state index in [4.69, 9.17) is 45.9 Å². The molecule has 11 atom stereocenters. The van der Waals surface area contributed by atoms with Crippen molar-refractivity contribution in [3.05, 3.63) is 65.7 Å². The van der Waals surface area contributed by atoms with Gasteiger partial charge in [0.05, 0.1) is 12.6 Å². The molecule has 0 bridgehead atoms. The van der Waals surface area contributed by atoms with Crippen LogP contribution < -0.4 is 93.7 Å². The zero-order valence-electron chi connectivity index (χ0n) is 52.4. The molecule has 0 unspecified atom stereocenters. The summed E-state index contributed by atoms with van der Waals surface area (Å²) in [4.78, 5) is 168. The first-order valence-corrected chi connectivity index (χ1v) is 32.9. The van der Waals surface area contributed by atoms with Crippen molar-refractivity contribution < 1.29 is 57.8 Å². The Balaban J connectivity index is 1.74. The standard InChI is InChI=1S/C58H91N21O12S2/c1-4-31(2)45-54(90)75-39(16-10-24-69-58(65)66)55(91)79-25-11-17-43(79)53(89)76-41(46(60)82)29-92-93-30-42(52(88)74-37(14-8-22-67-56(61)62)49(85)73-38(50(86)78-45)15-9-23-68-57(63)64)77-51(87)40(27-33-12-6-5-7-13-33)72-44(81)28-70-47(83)32(3)71-48(84)36(59)26-34-18-20-35(80)21-19-34/h5-7,12-13,18-21,31-32,36-43,45,80H,4,8-11,14-17,22-30,59H2,1-3H3,(H2,60,82)(H,70,83)(H,71,84)(H,72,81)(H,73,85)(H,74,88)(H,75,90)(H,76,89)(H,77,87)(H,78,86)(H4,61,62,67)(H4,63,64,68)(H4,65,66,69)/t31-,32+,36-,37-,38-,39-,40-,41-,42-,43-,45-/m0/s1. The van der Waals surface area contributed by atoms with Crippen LogP contribution >= 0.6 is 21.6 Å². The number of benzene rings is 2. The zero-order valence-corrected chi connectivity index (χ0v) is 54.1.